The summed E-state index contributed by atoms with van der Waals surface area (Å²) in [5.41, 5.74) is -0.00625. The van der Waals surface area contributed by atoms with Gasteiger partial charge in [0.15, 0.2) is 0 Å². The first-order valence-electron chi connectivity index (χ1n) is 7.03. The minimum Gasteiger partial charge on any atom is -0.337 e. The van der Waals surface area contributed by atoms with Crippen molar-refractivity contribution in [3.05, 3.63) is 46.9 Å². The third-order valence-electron chi connectivity index (χ3n) is 3.83. The Morgan fingerprint density at radius 2 is 2.14 bits per heavy atom. The van der Waals surface area contributed by atoms with Crippen LogP contribution in [0.5, 0.6) is 0 Å². The van der Waals surface area contributed by atoms with Crippen LogP contribution in [0, 0.1) is 5.92 Å². The number of likely N-dealkylation sites (tertiary alicyclic amines) is 1. The van der Waals surface area contributed by atoms with Gasteiger partial charge in [0.2, 0.25) is 0 Å². The molecule has 1 amide bonds. The molecular formula is C14H17N5O2. The van der Waals surface area contributed by atoms with Crippen LogP contribution >= 0.6 is 0 Å². The Kier molecular flexibility index (Phi) is 3.81. The van der Waals surface area contributed by atoms with E-state index in [1.165, 1.54) is 12.1 Å². The van der Waals surface area contributed by atoms with Crippen molar-refractivity contribution in [3.8, 4) is 0 Å². The van der Waals surface area contributed by atoms with Gasteiger partial charge in [-0.15, -0.1) is 0 Å². The minimum atomic E-state index is -0.300. The standard InChI is InChI=1S/C14H17N5O2/c20-13-2-1-12(16-17-13)14(21)19-6-3-11(4-7-19)9-18-8-5-15-10-18/h1-2,5,8,10-11H,3-4,6-7,9H2,(H,17,20). The fourth-order valence-corrected chi connectivity index (χ4v) is 2.64. The number of aromatic amines is 1. The molecule has 7 heteroatoms. The van der Waals surface area contributed by atoms with Crippen LogP contribution in [-0.4, -0.2) is 43.6 Å². The molecule has 1 N–H and O–H groups in total. The highest BCUT2D eigenvalue weighted by Gasteiger charge is 2.24. The van der Waals surface area contributed by atoms with Gasteiger partial charge in [0.25, 0.3) is 11.5 Å². The van der Waals surface area contributed by atoms with Gasteiger partial charge in [-0.2, -0.15) is 5.10 Å². The fourth-order valence-electron chi connectivity index (χ4n) is 2.64. The Balaban J connectivity index is 1.56. The number of nitrogens with zero attached hydrogens (tertiary/aromatic N) is 4. The summed E-state index contributed by atoms with van der Waals surface area (Å²) in [4.78, 5) is 29.1. The first kappa shape index (κ1) is 13.5. The number of carbonyl (C=O) groups is 1. The Morgan fingerprint density at radius 3 is 2.76 bits per heavy atom. The highest BCUT2D eigenvalue weighted by molar-refractivity contribution is 5.92. The van der Waals surface area contributed by atoms with Crippen LogP contribution in [0.3, 0.4) is 0 Å². The number of piperidine rings is 1. The van der Waals surface area contributed by atoms with Crippen molar-refractivity contribution in [2.45, 2.75) is 19.4 Å². The number of amides is 1. The van der Waals surface area contributed by atoms with Crippen molar-refractivity contribution in [2.24, 2.45) is 5.92 Å². The molecule has 0 radical (unpaired) electrons. The third kappa shape index (κ3) is 3.18. The number of imidazole rings is 1. The van der Waals surface area contributed by atoms with Gasteiger partial charge < -0.3 is 9.47 Å². The SMILES string of the molecule is O=C(c1ccc(=O)[nH]n1)N1CCC(Cn2ccnc2)CC1. The van der Waals surface area contributed by atoms with Crippen LogP contribution in [-0.2, 0) is 6.54 Å². The largest absolute Gasteiger partial charge is 0.337 e. The lowest BCUT2D eigenvalue weighted by molar-refractivity contribution is 0.0675. The molecule has 0 saturated carbocycles. The Morgan fingerprint density at radius 1 is 1.33 bits per heavy atom. The van der Waals surface area contributed by atoms with Gasteiger partial charge in [-0.3, -0.25) is 9.59 Å². The number of H-pyrrole nitrogens is 1. The maximum atomic E-state index is 12.3. The monoisotopic (exact) mass is 287 g/mol. The molecule has 0 atom stereocenters. The second-order valence-corrected chi connectivity index (χ2v) is 5.30. The van der Waals surface area contributed by atoms with E-state index in [0.717, 1.165) is 32.5 Å². The molecule has 0 aromatic carbocycles. The molecule has 1 fully saturated rings. The second kappa shape index (κ2) is 5.90. The lowest BCUT2D eigenvalue weighted by atomic mass is 9.96. The summed E-state index contributed by atoms with van der Waals surface area (Å²) >= 11 is 0. The highest BCUT2D eigenvalue weighted by Crippen LogP contribution is 2.20. The van der Waals surface area contributed by atoms with Gasteiger partial charge in [0.1, 0.15) is 5.69 Å². The molecule has 0 spiro atoms. The van der Waals surface area contributed by atoms with Crippen LogP contribution in [0.2, 0.25) is 0 Å². The van der Waals surface area contributed by atoms with Gasteiger partial charge in [-0.05, 0) is 24.8 Å². The topological polar surface area (TPSA) is 83.9 Å². The zero-order valence-electron chi connectivity index (χ0n) is 11.6. The zero-order chi connectivity index (χ0) is 14.7. The Labute approximate surface area is 121 Å². The van der Waals surface area contributed by atoms with Crippen LogP contribution in [0.4, 0.5) is 0 Å². The first-order chi connectivity index (χ1) is 10.2. The van der Waals surface area contributed by atoms with E-state index in [-0.39, 0.29) is 11.5 Å². The number of hydrogen-bond acceptors (Lipinski definition) is 4. The van der Waals surface area contributed by atoms with Crippen molar-refractivity contribution in [3.63, 3.8) is 0 Å². The van der Waals surface area contributed by atoms with E-state index in [4.69, 9.17) is 0 Å². The van der Waals surface area contributed by atoms with Gasteiger partial charge >= 0.3 is 0 Å². The summed E-state index contributed by atoms with van der Waals surface area (Å²) in [6.07, 6.45) is 7.49. The minimum absolute atomic E-state index is 0.118. The van der Waals surface area contributed by atoms with Gasteiger partial charge in [-0.25, -0.2) is 10.1 Å². The third-order valence-corrected chi connectivity index (χ3v) is 3.83. The fraction of sp³-hybridized carbons (Fsp3) is 0.429. The smallest absolute Gasteiger partial charge is 0.274 e. The normalized spacial score (nSPS) is 16.1. The van der Waals surface area contributed by atoms with E-state index in [9.17, 15) is 9.59 Å². The Hall–Kier alpha value is -2.44. The van der Waals surface area contributed by atoms with E-state index in [1.807, 2.05) is 12.5 Å². The summed E-state index contributed by atoms with van der Waals surface area (Å²) in [5.74, 6) is 0.444. The quantitative estimate of drug-likeness (QED) is 0.892. The molecule has 0 aliphatic carbocycles. The van der Waals surface area contributed by atoms with E-state index in [1.54, 1.807) is 11.1 Å². The predicted octanol–water partition coefficient (Wildman–Crippen LogP) is 0.519. The molecule has 7 nitrogen and oxygen atoms in total. The zero-order valence-corrected chi connectivity index (χ0v) is 11.6. The van der Waals surface area contributed by atoms with Crippen LogP contribution < -0.4 is 5.56 Å². The van der Waals surface area contributed by atoms with Crippen LogP contribution in [0.15, 0.2) is 35.6 Å². The summed E-state index contributed by atoms with van der Waals surface area (Å²) in [6.45, 7) is 2.39. The summed E-state index contributed by atoms with van der Waals surface area (Å²) in [7, 11) is 0. The maximum absolute atomic E-state index is 12.3. The van der Waals surface area contributed by atoms with Gasteiger partial charge in [0, 0.05) is 38.1 Å². The number of nitrogens with one attached hydrogen (secondary N) is 1. The number of aromatic nitrogens is 4. The lowest BCUT2D eigenvalue weighted by Gasteiger charge is -2.31. The van der Waals surface area contributed by atoms with Crippen molar-refractivity contribution in [2.75, 3.05) is 13.1 Å². The van der Waals surface area contributed by atoms with Crippen molar-refractivity contribution < 1.29 is 4.79 Å². The van der Waals surface area contributed by atoms with E-state index < -0.39 is 0 Å². The number of rotatable bonds is 3. The summed E-state index contributed by atoms with van der Waals surface area (Å²) in [6, 6.07) is 2.80. The van der Waals surface area contributed by atoms with Crippen molar-refractivity contribution in [1.82, 2.24) is 24.6 Å². The van der Waals surface area contributed by atoms with E-state index in [2.05, 4.69) is 19.7 Å². The maximum Gasteiger partial charge on any atom is 0.274 e. The molecule has 110 valence electrons. The Bertz CT molecular complexity index is 636. The molecule has 3 heterocycles. The molecule has 2 aromatic heterocycles. The second-order valence-electron chi connectivity index (χ2n) is 5.30. The molecule has 1 saturated heterocycles. The van der Waals surface area contributed by atoms with Gasteiger partial charge in [-0.1, -0.05) is 0 Å². The van der Waals surface area contributed by atoms with E-state index >= 15 is 0 Å². The van der Waals surface area contributed by atoms with Crippen molar-refractivity contribution >= 4 is 5.91 Å². The molecule has 3 rings (SSSR count). The first-order valence-corrected chi connectivity index (χ1v) is 7.03. The predicted molar refractivity (Wildman–Crippen MR) is 75.7 cm³/mol. The molecule has 21 heavy (non-hydrogen) atoms. The molecule has 0 bridgehead atoms. The van der Waals surface area contributed by atoms with Crippen LogP contribution in [0.1, 0.15) is 23.3 Å². The number of carbonyl (C=O) groups excluding carboxylic acids is 1. The molecule has 0 unspecified atom stereocenters. The van der Waals surface area contributed by atoms with E-state index in [0.29, 0.717) is 11.6 Å². The molecule has 2 aromatic rings. The summed E-state index contributed by atoms with van der Waals surface area (Å²) < 4.78 is 2.08. The summed E-state index contributed by atoms with van der Waals surface area (Å²) in [5, 5.41) is 6.09. The molecule has 1 aliphatic heterocycles. The average Bonchev–Trinajstić information content (AvgIpc) is 3.01. The van der Waals surface area contributed by atoms with Crippen LogP contribution in [0.25, 0.3) is 0 Å². The van der Waals surface area contributed by atoms with Crippen molar-refractivity contribution in [1.29, 1.82) is 0 Å². The highest BCUT2D eigenvalue weighted by atomic mass is 16.2. The molecule has 1 aliphatic rings. The molecular weight excluding hydrogens is 270 g/mol. The lowest BCUT2D eigenvalue weighted by Crippen LogP contribution is -2.39. The number of hydrogen-bond donors (Lipinski definition) is 1. The van der Waals surface area contributed by atoms with Gasteiger partial charge in [0.05, 0.1) is 6.33 Å². The average molecular weight is 287 g/mol.